The van der Waals surface area contributed by atoms with Crippen LogP contribution in [0.25, 0.3) is 0 Å². The Morgan fingerprint density at radius 1 is 1.36 bits per heavy atom. The van der Waals surface area contributed by atoms with Gasteiger partial charge in [-0.2, -0.15) is 0 Å². The van der Waals surface area contributed by atoms with Gasteiger partial charge in [-0.15, -0.1) is 10.2 Å². The fourth-order valence-electron chi connectivity index (χ4n) is 1.92. The van der Waals surface area contributed by atoms with Gasteiger partial charge in [0.25, 0.3) is 5.89 Å². The van der Waals surface area contributed by atoms with E-state index in [4.69, 9.17) is 9.15 Å². The largest absolute Gasteiger partial charge is 0.439 e. The zero-order chi connectivity index (χ0) is 15.2. The molecule has 22 heavy (non-hydrogen) atoms. The van der Waals surface area contributed by atoms with E-state index in [0.717, 1.165) is 31.4 Å². The van der Waals surface area contributed by atoms with Crippen LogP contribution in [0.4, 0.5) is 4.79 Å². The maximum Gasteiger partial charge on any atom is 0.407 e. The Morgan fingerprint density at radius 2 is 2.27 bits per heavy atom. The summed E-state index contributed by atoms with van der Waals surface area (Å²) in [5.74, 6) is 1.37. The van der Waals surface area contributed by atoms with E-state index >= 15 is 0 Å². The quantitative estimate of drug-likeness (QED) is 0.775. The van der Waals surface area contributed by atoms with Gasteiger partial charge in [-0.25, -0.2) is 4.79 Å². The van der Waals surface area contributed by atoms with Gasteiger partial charge in [-0.05, 0) is 25.7 Å². The summed E-state index contributed by atoms with van der Waals surface area (Å²) in [5, 5.41) is 10.4. The highest BCUT2D eigenvalue weighted by Gasteiger charge is 2.29. The third-order valence-corrected chi connectivity index (χ3v) is 3.23. The maximum atomic E-state index is 11.5. The first-order valence-corrected chi connectivity index (χ1v) is 7.29. The number of alkyl carbamates (subject to hydrolysis) is 1. The molecule has 3 rings (SSSR count). The van der Waals surface area contributed by atoms with Crippen LogP contribution in [0.1, 0.15) is 42.7 Å². The van der Waals surface area contributed by atoms with Gasteiger partial charge in [0.2, 0.25) is 5.89 Å². The monoisotopic (exact) mass is 303 g/mol. The van der Waals surface area contributed by atoms with Crippen molar-refractivity contribution < 1.29 is 13.9 Å². The van der Waals surface area contributed by atoms with Gasteiger partial charge in [-0.1, -0.05) is 0 Å². The molecular weight excluding hydrogens is 286 g/mol. The molecule has 0 spiro atoms. The van der Waals surface area contributed by atoms with E-state index in [1.165, 1.54) is 0 Å². The summed E-state index contributed by atoms with van der Waals surface area (Å²) in [7, 11) is 0. The molecule has 0 bridgehead atoms. The second kappa shape index (κ2) is 6.97. The van der Waals surface area contributed by atoms with Crippen molar-refractivity contribution in [3.05, 3.63) is 36.1 Å². The average molecular weight is 303 g/mol. The van der Waals surface area contributed by atoms with Crippen LogP contribution in [0.5, 0.6) is 0 Å². The summed E-state index contributed by atoms with van der Waals surface area (Å²) in [5.41, 5.74) is 0.899. The number of nitrogens with one attached hydrogen (secondary N) is 1. The molecule has 0 aliphatic heterocycles. The number of ether oxygens (including phenoxy) is 1. The molecule has 1 amide bonds. The highest BCUT2D eigenvalue weighted by atomic mass is 16.6. The summed E-state index contributed by atoms with van der Waals surface area (Å²) in [6.45, 7) is 0.502. The summed E-state index contributed by atoms with van der Waals surface area (Å²) in [4.78, 5) is 19.7. The number of rotatable bonds is 7. The minimum atomic E-state index is -0.495. The van der Waals surface area contributed by atoms with E-state index in [1.807, 2.05) is 0 Å². The first-order valence-electron chi connectivity index (χ1n) is 7.29. The van der Waals surface area contributed by atoms with Gasteiger partial charge in [0.05, 0.1) is 5.69 Å². The molecule has 8 heteroatoms. The van der Waals surface area contributed by atoms with Crippen LogP contribution < -0.4 is 5.32 Å². The van der Waals surface area contributed by atoms with Crippen molar-refractivity contribution in [2.24, 2.45) is 0 Å². The Balaban J connectivity index is 1.30. The molecule has 116 valence electrons. The lowest BCUT2D eigenvalue weighted by molar-refractivity contribution is 0.128. The lowest BCUT2D eigenvalue weighted by Crippen LogP contribution is -2.25. The molecule has 0 radical (unpaired) electrons. The summed E-state index contributed by atoms with van der Waals surface area (Å²) >= 11 is 0. The van der Waals surface area contributed by atoms with Crippen LogP contribution in [0, 0.1) is 0 Å². The molecule has 2 heterocycles. The fraction of sp³-hybridized carbons (Fsp3) is 0.500. The summed E-state index contributed by atoms with van der Waals surface area (Å²) in [6, 6.07) is 0. The number of amides is 1. The molecule has 2 aromatic heterocycles. The second-order valence-electron chi connectivity index (χ2n) is 5.11. The molecule has 1 fully saturated rings. The third-order valence-electron chi connectivity index (χ3n) is 3.23. The minimum absolute atomic E-state index is 0.00425. The van der Waals surface area contributed by atoms with Crippen molar-refractivity contribution in [1.82, 2.24) is 25.5 Å². The van der Waals surface area contributed by atoms with E-state index in [9.17, 15) is 4.79 Å². The van der Waals surface area contributed by atoms with Crippen molar-refractivity contribution >= 4 is 6.09 Å². The first-order chi connectivity index (χ1) is 10.8. The molecule has 8 nitrogen and oxygen atoms in total. The first kappa shape index (κ1) is 14.4. The van der Waals surface area contributed by atoms with Crippen molar-refractivity contribution in [3.63, 3.8) is 0 Å². The van der Waals surface area contributed by atoms with Gasteiger partial charge >= 0.3 is 6.09 Å². The number of nitrogens with zero attached hydrogens (tertiary/aromatic N) is 4. The van der Waals surface area contributed by atoms with Crippen molar-refractivity contribution in [1.29, 1.82) is 0 Å². The van der Waals surface area contributed by atoms with Crippen molar-refractivity contribution in [3.8, 4) is 0 Å². The predicted octanol–water partition coefficient (Wildman–Crippen LogP) is 1.60. The Hall–Kier alpha value is -2.51. The number of aryl methyl sites for hydroxylation is 1. The van der Waals surface area contributed by atoms with Gasteiger partial charge in [0.1, 0.15) is 0 Å². The Labute approximate surface area is 127 Å². The fourth-order valence-corrected chi connectivity index (χ4v) is 1.92. The molecule has 1 aliphatic rings. The molecule has 1 N–H and O–H groups in total. The molecule has 1 saturated carbocycles. The predicted molar refractivity (Wildman–Crippen MR) is 74.8 cm³/mol. The van der Waals surface area contributed by atoms with Crippen LogP contribution in [0.15, 0.2) is 23.0 Å². The number of carbonyl (C=O) groups is 1. The van der Waals surface area contributed by atoms with E-state index in [2.05, 4.69) is 25.5 Å². The normalized spacial score (nSPS) is 13.8. The van der Waals surface area contributed by atoms with Crippen LogP contribution in [-0.4, -0.2) is 32.8 Å². The van der Waals surface area contributed by atoms with Gasteiger partial charge < -0.3 is 14.5 Å². The lowest BCUT2D eigenvalue weighted by atomic mass is 10.2. The van der Waals surface area contributed by atoms with Crippen molar-refractivity contribution in [2.75, 3.05) is 6.54 Å². The minimum Gasteiger partial charge on any atom is -0.439 e. The Bertz CT molecular complexity index is 612. The highest BCUT2D eigenvalue weighted by Crippen LogP contribution is 2.38. The SMILES string of the molecule is O=C(NCCCc1cnccn1)OCc1nnc(C2CC2)o1. The Kier molecular flexibility index (Phi) is 4.57. The zero-order valence-electron chi connectivity index (χ0n) is 12.1. The van der Waals surface area contributed by atoms with Crippen LogP contribution >= 0.6 is 0 Å². The van der Waals surface area contributed by atoms with Gasteiger partial charge in [-0.3, -0.25) is 9.97 Å². The third kappa shape index (κ3) is 4.24. The molecule has 0 unspecified atom stereocenters. The molecule has 0 atom stereocenters. The number of hydrogen-bond acceptors (Lipinski definition) is 7. The lowest BCUT2D eigenvalue weighted by Gasteiger charge is -2.04. The Morgan fingerprint density at radius 3 is 3.05 bits per heavy atom. The van der Waals surface area contributed by atoms with E-state index in [-0.39, 0.29) is 6.61 Å². The second-order valence-corrected chi connectivity index (χ2v) is 5.11. The molecule has 0 saturated heterocycles. The maximum absolute atomic E-state index is 11.5. The number of aromatic nitrogens is 4. The molecular formula is C14H17N5O3. The van der Waals surface area contributed by atoms with Gasteiger partial charge in [0, 0.05) is 31.1 Å². The van der Waals surface area contributed by atoms with E-state index in [0.29, 0.717) is 24.2 Å². The molecule has 1 aliphatic carbocycles. The number of carbonyl (C=O) groups excluding carboxylic acids is 1. The van der Waals surface area contributed by atoms with E-state index in [1.54, 1.807) is 18.6 Å². The molecule has 0 aromatic carbocycles. The standard InChI is InChI=1S/C14H17N5O3/c20-14(17-5-1-2-11-8-15-6-7-16-11)21-9-12-18-19-13(22-12)10-3-4-10/h6-8,10H,1-5,9H2,(H,17,20). The van der Waals surface area contributed by atoms with Gasteiger partial charge in [0.15, 0.2) is 6.61 Å². The summed E-state index contributed by atoms with van der Waals surface area (Å²) in [6.07, 6.45) is 8.20. The van der Waals surface area contributed by atoms with Crippen LogP contribution in [0.2, 0.25) is 0 Å². The number of hydrogen-bond donors (Lipinski definition) is 1. The van der Waals surface area contributed by atoms with Crippen LogP contribution in [0.3, 0.4) is 0 Å². The highest BCUT2D eigenvalue weighted by molar-refractivity contribution is 5.66. The van der Waals surface area contributed by atoms with Crippen LogP contribution in [-0.2, 0) is 17.8 Å². The topological polar surface area (TPSA) is 103 Å². The summed E-state index contributed by atoms with van der Waals surface area (Å²) < 4.78 is 10.4. The van der Waals surface area contributed by atoms with E-state index < -0.39 is 6.09 Å². The average Bonchev–Trinajstić information content (AvgIpc) is 3.29. The smallest absolute Gasteiger partial charge is 0.407 e. The zero-order valence-corrected chi connectivity index (χ0v) is 12.1. The van der Waals surface area contributed by atoms with Crippen molar-refractivity contribution in [2.45, 2.75) is 38.2 Å². The molecule has 2 aromatic rings.